The second-order valence-corrected chi connectivity index (χ2v) is 5.46. The average molecular weight is 514 g/mol. The number of alkyl halides is 11. The van der Waals surface area contributed by atoms with Gasteiger partial charge < -0.3 is 0 Å². The molecule has 0 aliphatic rings. The van der Waals surface area contributed by atoms with E-state index in [2.05, 4.69) is 4.94 Å². The van der Waals surface area contributed by atoms with Crippen molar-refractivity contribution in [3.63, 3.8) is 0 Å². The van der Waals surface area contributed by atoms with Crippen LogP contribution in [-0.4, -0.2) is 29.9 Å². The van der Waals surface area contributed by atoms with Crippen molar-refractivity contribution >= 4 is 5.83 Å². The van der Waals surface area contributed by atoms with Crippen LogP contribution in [0.1, 0.15) is 5.56 Å². The number of allylic oxidation sites excluding steroid dienone is 1. The lowest BCUT2D eigenvalue weighted by Gasteiger charge is -2.36. The van der Waals surface area contributed by atoms with Crippen LogP contribution in [-0.2, 0) is 0 Å². The molecular formula is C13F18O. The first-order chi connectivity index (χ1) is 14.0. The van der Waals surface area contributed by atoms with E-state index in [1.165, 1.54) is 0 Å². The Labute approximate surface area is 161 Å². The third kappa shape index (κ3) is 3.57. The number of halogens is 18. The van der Waals surface area contributed by atoms with E-state index < -0.39 is 76.1 Å². The van der Waals surface area contributed by atoms with Gasteiger partial charge in [-0.15, -0.1) is 0 Å². The van der Waals surface area contributed by atoms with E-state index >= 15 is 0 Å². The molecule has 0 aliphatic carbocycles. The molecule has 0 saturated heterocycles. The van der Waals surface area contributed by atoms with Crippen LogP contribution in [0.2, 0.25) is 0 Å². The highest BCUT2D eigenvalue weighted by Gasteiger charge is 2.88. The van der Waals surface area contributed by atoms with E-state index in [0.29, 0.717) is 0 Å². The Morgan fingerprint density at radius 1 is 0.562 bits per heavy atom. The molecule has 32 heavy (non-hydrogen) atoms. The molecule has 0 bridgehead atoms. The van der Waals surface area contributed by atoms with Crippen molar-refractivity contribution in [3.05, 3.63) is 34.7 Å². The predicted octanol–water partition coefficient (Wildman–Crippen LogP) is 7.22. The monoisotopic (exact) mass is 514 g/mol. The molecule has 0 amide bonds. The minimum absolute atomic E-state index is 2.22. The van der Waals surface area contributed by atoms with Gasteiger partial charge in [0.25, 0.3) is 0 Å². The van der Waals surface area contributed by atoms with Gasteiger partial charge in [-0.3, -0.25) is 4.94 Å². The number of hydrogen-bond donors (Lipinski definition) is 0. The molecule has 0 radical (unpaired) electrons. The van der Waals surface area contributed by atoms with Gasteiger partial charge in [-0.1, -0.05) is 0 Å². The number of benzene rings is 1. The van der Waals surface area contributed by atoms with E-state index in [9.17, 15) is 79.2 Å². The molecule has 0 saturated carbocycles. The van der Waals surface area contributed by atoms with Gasteiger partial charge in [0.1, 0.15) is 5.56 Å². The summed E-state index contributed by atoms with van der Waals surface area (Å²) in [7, 11) is 0. The highest BCUT2D eigenvalue weighted by molar-refractivity contribution is 5.69. The second-order valence-electron chi connectivity index (χ2n) is 5.46. The summed E-state index contributed by atoms with van der Waals surface area (Å²) in [6, 6.07) is 0. The molecule has 0 aliphatic heterocycles. The summed E-state index contributed by atoms with van der Waals surface area (Å²) in [4.78, 5) is 2.22. The van der Waals surface area contributed by atoms with Crippen LogP contribution in [0.3, 0.4) is 0 Å². The van der Waals surface area contributed by atoms with Crippen molar-refractivity contribution in [2.45, 2.75) is 29.9 Å². The maximum atomic E-state index is 13.8. The highest BCUT2D eigenvalue weighted by Crippen LogP contribution is 2.59. The minimum Gasteiger partial charge on any atom is -0.290 e. The Morgan fingerprint density at radius 2 is 0.969 bits per heavy atom. The molecule has 19 heteroatoms. The van der Waals surface area contributed by atoms with E-state index in [1.54, 1.807) is 0 Å². The maximum absolute atomic E-state index is 13.8. The summed E-state index contributed by atoms with van der Waals surface area (Å²) in [5.41, 5.74) is -3.26. The van der Waals surface area contributed by atoms with Gasteiger partial charge in [-0.2, -0.15) is 52.7 Å². The van der Waals surface area contributed by atoms with Gasteiger partial charge >= 0.3 is 29.9 Å². The molecule has 1 nitrogen and oxygen atoms in total. The van der Waals surface area contributed by atoms with Crippen LogP contribution in [0, 0.1) is 23.3 Å². The number of rotatable bonds is 6. The van der Waals surface area contributed by atoms with Crippen molar-refractivity contribution in [2.75, 3.05) is 0 Å². The van der Waals surface area contributed by atoms with E-state index in [0.717, 1.165) is 0 Å². The zero-order valence-corrected chi connectivity index (χ0v) is 13.7. The van der Waals surface area contributed by atoms with E-state index in [1.807, 2.05) is 0 Å². The van der Waals surface area contributed by atoms with Crippen LogP contribution in [0.4, 0.5) is 79.2 Å². The normalized spacial score (nSPS) is 15.1. The van der Waals surface area contributed by atoms with Crippen LogP contribution in [0.25, 0.3) is 5.83 Å². The second kappa shape index (κ2) is 7.82. The van der Waals surface area contributed by atoms with Crippen molar-refractivity contribution in [2.24, 2.45) is 0 Å². The van der Waals surface area contributed by atoms with Crippen LogP contribution < -0.4 is 4.94 Å². The third-order valence-corrected chi connectivity index (χ3v) is 3.53. The van der Waals surface area contributed by atoms with Gasteiger partial charge in [-0.05, 0) is 0 Å². The first-order valence-electron chi connectivity index (χ1n) is 6.82. The largest absolute Gasteiger partial charge is 0.460 e. The summed E-state index contributed by atoms with van der Waals surface area (Å²) < 4.78 is 233. The molecule has 184 valence electrons. The van der Waals surface area contributed by atoms with Gasteiger partial charge in [0.15, 0.2) is 17.5 Å². The average Bonchev–Trinajstić information content (AvgIpc) is 2.66. The Hall–Kier alpha value is -2.50. The SMILES string of the molecule is FOc1c(F)c(F)c(F)c(F)c1C(F)=C(F)C(F)(F)C(F)(F)C(F)(F)C(F)(F)C(F)(F)F. The smallest absolute Gasteiger partial charge is 0.290 e. The van der Waals surface area contributed by atoms with Crippen molar-refractivity contribution in [3.8, 4) is 5.75 Å². The van der Waals surface area contributed by atoms with E-state index in [4.69, 9.17) is 0 Å². The summed E-state index contributed by atoms with van der Waals surface area (Å²) in [6.45, 7) is 0. The molecule has 0 heterocycles. The fourth-order valence-corrected chi connectivity index (χ4v) is 1.84. The molecule has 1 rings (SSSR count). The summed E-state index contributed by atoms with van der Waals surface area (Å²) in [5.74, 6) is -57.1. The van der Waals surface area contributed by atoms with Gasteiger partial charge in [-0.25, -0.2) is 22.0 Å². The topological polar surface area (TPSA) is 9.23 Å². The van der Waals surface area contributed by atoms with Crippen LogP contribution in [0.15, 0.2) is 5.83 Å². The molecule has 0 fully saturated rings. The predicted molar refractivity (Wildman–Crippen MR) is 63.0 cm³/mol. The zero-order chi connectivity index (χ0) is 25.8. The molecule has 1 aromatic carbocycles. The van der Waals surface area contributed by atoms with Gasteiger partial charge in [0.2, 0.25) is 23.2 Å². The maximum Gasteiger partial charge on any atom is 0.460 e. The first kappa shape index (κ1) is 27.5. The van der Waals surface area contributed by atoms with Gasteiger partial charge in [0, 0.05) is 4.53 Å². The molecule has 0 unspecified atom stereocenters. The van der Waals surface area contributed by atoms with Crippen molar-refractivity contribution in [1.29, 1.82) is 0 Å². The molecular weight excluding hydrogens is 514 g/mol. The fourth-order valence-electron chi connectivity index (χ4n) is 1.84. The van der Waals surface area contributed by atoms with Crippen molar-refractivity contribution in [1.82, 2.24) is 0 Å². The van der Waals surface area contributed by atoms with Crippen LogP contribution in [0.5, 0.6) is 5.75 Å². The number of hydrogen-bond acceptors (Lipinski definition) is 1. The van der Waals surface area contributed by atoms with E-state index in [-0.39, 0.29) is 0 Å². The first-order valence-corrected chi connectivity index (χ1v) is 6.82. The van der Waals surface area contributed by atoms with Crippen LogP contribution >= 0.6 is 0 Å². The summed E-state index contributed by atoms with van der Waals surface area (Å²) in [6.07, 6.45) is -7.67. The molecule has 0 spiro atoms. The standard InChI is InChI=1S/C13F18O/c14-2-1(7(32-31)6(18)5(17)4(2)16)3(15)8(19)9(20,21)10(22,23)11(24,25)12(26,27)13(28,29)30. The lowest BCUT2D eigenvalue weighted by molar-refractivity contribution is -0.419. The Balaban J connectivity index is 3.90. The quantitative estimate of drug-likeness (QED) is 0.222. The third-order valence-electron chi connectivity index (χ3n) is 3.53. The highest BCUT2D eigenvalue weighted by atomic mass is 19.4. The fraction of sp³-hybridized carbons (Fsp3) is 0.385. The lowest BCUT2D eigenvalue weighted by Crippen LogP contribution is -2.66. The Morgan fingerprint density at radius 3 is 1.34 bits per heavy atom. The molecule has 1 aromatic rings. The lowest BCUT2D eigenvalue weighted by atomic mass is 9.96. The molecule has 0 N–H and O–H groups in total. The van der Waals surface area contributed by atoms with Crippen molar-refractivity contribution < 1.29 is 84.1 Å². The summed E-state index contributed by atoms with van der Waals surface area (Å²) in [5, 5.41) is 0. The Kier molecular flexibility index (Phi) is 6.73. The molecule has 0 atom stereocenters. The molecule has 0 aromatic heterocycles. The zero-order valence-electron chi connectivity index (χ0n) is 13.7. The summed E-state index contributed by atoms with van der Waals surface area (Å²) >= 11 is 0. The van der Waals surface area contributed by atoms with Gasteiger partial charge in [0.05, 0.1) is 0 Å². The Bertz CT molecular complexity index is 926. The minimum atomic E-state index is -8.24.